The Morgan fingerprint density at radius 1 is 1.21 bits per heavy atom. The summed E-state index contributed by atoms with van der Waals surface area (Å²) in [4.78, 5) is 3.51. The number of nitrogens with zero attached hydrogens (tertiary/aromatic N) is 1. The van der Waals surface area contributed by atoms with Crippen molar-refractivity contribution >= 4 is 0 Å². The highest BCUT2D eigenvalue weighted by molar-refractivity contribution is 5.44. The van der Waals surface area contributed by atoms with E-state index in [-0.39, 0.29) is 18.2 Å². The van der Waals surface area contributed by atoms with Crippen molar-refractivity contribution in [2.45, 2.75) is 6.61 Å². The largest absolute Gasteiger partial charge is 0.493 e. The number of aliphatic hydroxyl groups excluding tert-OH is 1. The first-order chi connectivity index (χ1) is 9.13. The molecule has 1 aromatic carbocycles. The second-order valence-electron chi connectivity index (χ2n) is 3.69. The summed E-state index contributed by atoms with van der Waals surface area (Å²) >= 11 is 0. The SMILES string of the molecule is COc1cc(CO)ccc1Oc1ncc(F)cc1F. The maximum Gasteiger partial charge on any atom is 0.256 e. The van der Waals surface area contributed by atoms with E-state index >= 15 is 0 Å². The average molecular weight is 267 g/mol. The molecule has 1 heterocycles. The number of aromatic nitrogens is 1. The van der Waals surface area contributed by atoms with E-state index in [1.807, 2.05) is 0 Å². The van der Waals surface area contributed by atoms with Gasteiger partial charge in [-0.1, -0.05) is 6.07 Å². The summed E-state index contributed by atoms with van der Waals surface area (Å²) in [7, 11) is 1.41. The second-order valence-corrected chi connectivity index (χ2v) is 3.69. The molecule has 0 amide bonds. The molecule has 2 aromatic rings. The number of ether oxygens (including phenoxy) is 2. The fourth-order valence-electron chi connectivity index (χ4n) is 1.48. The van der Waals surface area contributed by atoms with Crippen molar-refractivity contribution in [2.24, 2.45) is 0 Å². The predicted octanol–water partition coefficient (Wildman–Crippen LogP) is 2.65. The van der Waals surface area contributed by atoms with Crippen LogP contribution in [0.3, 0.4) is 0 Å². The lowest BCUT2D eigenvalue weighted by molar-refractivity contribution is 0.280. The monoisotopic (exact) mass is 267 g/mol. The first-order valence-electron chi connectivity index (χ1n) is 5.40. The third-order valence-electron chi connectivity index (χ3n) is 2.39. The number of pyridine rings is 1. The number of methoxy groups -OCH3 is 1. The molecule has 19 heavy (non-hydrogen) atoms. The predicted molar refractivity (Wildman–Crippen MR) is 63.1 cm³/mol. The van der Waals surface area contributed by atoms with Crippen LogP contribution in [-0.2, 0) is 6.61 Å². The molecular formula is C13H11F2NO3. The summed E-state index contributed by atoms with van der Waals surface area (Å²) in [5.41, 5.74) is 0.622. The molecular weight excluding hydrogens is 256 g/mol. The number of hydrogen-bond acceptors (Lipinski definition) is 4. The van der Waals surface area contributed by atoms with Gasteiger partial charge in [-0.05, 0) is 17.7 Å². The zero-order chi connectivity index (χ0) is 13.8. The van der Waals surface area contributed by atoms with Gasteiger partial charge in [0, 0.05) is 6.07 Å². The van der Waals surface area contributed by atoms with Gasteiger partial charge in [0.05, 0.1) is 19.9 Å². The highest BCUT2D eigenvalue weighted by Gasteiger charge is 2.12. The Bertz CT molecular complexity index is 590. The van der Waals surface area contributed by atoms with Crippen LogP contribution in [-0.4, -0.2) is 17.2 Å². The third kappa shape index (κ3) is 2.97. The number of halogens is 2. The van der Waals surface area contributed by atoms with Crippen LogP contribution in [0.2, 0.25) is 0 Å². The van der Waals surface area contributed by atoms with Gasteiger partial charge >= 0.3 is 0 Å². The fraction of sp³-hybridized carbons (Fsp3) is 0.154. The normalized spacial score (nSPS) is 10.3. The number of rotatable bonds is 4. The molecule has 0 atom stereocenters. The molecule has 4 nitrogen and oxygen atoms in total. The lowest BCUT2D eigenvalue weighted by atomic mass is 10.2. The van der Waals surface area contributed by atoms with Gasteiger partial charge in [0.25, 0.3) is 5.88 Å². The quantitative estimate of drug-likeness (QED) is 0.925. The molecule has 0 saturated carbocycles. The van der Waals surface area contributed by atoms with Crippen LogP contribution in [0.25, 0.3) is 0 Å². The van der Waals surface area contributed by atoms with Crippen molar-refractivity contribution in [2.75, 3.05) is 7.11 Å². The first kappa shape index (κ1) is 13.2. The van der Waals surface area contributed by atoms with Gasteiger partial charge < -0.3 is 14.6 Å². The molecule has 100 valence electrons. The molecule has 0 aliphatic heterocycles. The van der Waals surface area contributed by atoms with Gasteiger partial charge in [0.15, 0.2) is 17.3 Å². The van der Waals surface area contributed by atoms with E-state index in [2.05, 4.69) is 4.98 Å². The van der Waals surface area contributed by atoms with Crippen LogP contribution in [0.5, 0.6) is 17.4 Å². The van der Waals surface area contributed by atoms with Crippen molar-refractivity contribution in [3.63, 3.8) is 0 Å². The molecule has 1 aromatic heterocycles. The van der Waals surface area contributed by atoms with Crippen molar-refractivity contribution in [3.8, 4) is 17.4 Å². The molecule has 0 saturated heterocycles. The summed E-state index contributed by atoms with van der Waals surface area (Å²) in [5.74, 6) is -1.51. The number of benzene rings is 1. The maximum absolute atomic E-state index is 13.4. The van der Waals surface area contributed by atoms with E-state index in [1.54, 1.807) is 12.1 Å². The second kappa shape index (κ2) is 5.62. The molecule has 0 unspecified atom stereocenters. The van der Waals surface area contributed by atoms with Crippen molar-refractivity contribution in [3.05, 3.63) is 47.7 Å². The lowest BCUT2D eigenvalue weighted by Crippen LogP contribution is -1.96. The standard InChI is InChI=1S/C13H11F2NO3/c1-18-12-4-8(7-17)2-3-11(12)19-13-10(15)5-9(14)6-16-13/h2-6,17H,7H2,1H3. The van der Waals surface area contributed by atoms with Crippen LogP contribution in [0, 0.1) is 11.6 Å². The third-order valence-corrected chi connectivity index (χ3v) is 2.39. The van der Waals surface area contributed by atoms with Crippen molar-refractivity contribution < 1.29 is 23.4 Å². The summed E-state index contributed by atoms with van der Waals surface area (Å²) < 4.78 is 36.4. The Morgan fingerprint density at radius 2 is 2.00 bits per heavy atom. The summed E-state index contributed by atoms with van der Waals surface area (Å²) in [6.45, 7) is -0.153. The molecule has 6 heteroatoms. The highest BCUT2D eigenvalue weighted by Crippen LogP contribution is 2.32. The van der Waals surface area contributed by atoms with Gasteiger partial charge in [-0.25, -0.2) is 13.8 Å². The molecule has 0 bridgehead atoms. The summed E-state index contributed by atoms with van der Waals surface area (Å²) in [6.07, 6.45) is 0.854. The highest BCUT2D eigenvalue weighted by atomic mass is 19.1. The smallest absolute Gasteiger partial charge is 0.256 e. The van der Waals surface area contributed by atoms with E-state index in [4.69, 9.17) is 14.6 Å². The molecule has 2 rings (SSSR count). The maximum atomic E-state index is 13.4. The Balaban J connectivity index is 2.32. The zero-order valence-electron chi connectivity index (χ0n) is 10.1. The number of aliphatic hydroxyl groups is 1. The van der Waals surface area contributed by atoms with E-state index in [9.17, 15) is 8.78 Å². The van der Waals surface area contributed by atoms with Gasteiger partial charge in [-0.3, -0.25) is 0 Å². The minimum atomic E-state index is -0.909. The Morgan fingerprint density at radius 3 is 2.63 bits per heavy atom. The summed E-state index contributed by atoms with van der Waals surface area (Å²) in [5, 5.41) is 9.00. The molecule has 0 aliphatic rings. The molecule has 0 spiro atoms. The van der Waals surface area contributed by atoms with Gasteiger partial charge in [-0.2, -0.15) is 0 Å². The fourth-order valence-corrected chi connectivity index (χ4v) is 1.48. The summed E-state index contributed by atoms with van der Waals surface area (Å²) in [6, 6.07) is 5.34. The van der Waals surface area contributed by atoms with Gasteiger partial charge in [0.1, 0.15) is 5.82 Å². The molecule has 0 aliphatic carbocycles. The average Bonchev–Trinajstić information content (AvgIpc) is 2.42. The zero-order valence-corrected chi connectivity index (χ0v) is 10.1. The Kier molecular flexibility index (Phi) is 3.91. The topological polar surface area (TPSA) is 51.6 Å². The van der Waals surface area contributed by atoms with E-state index in [0.29, 0.717) is 17.4 Å². The molecule has 0 fully saturated rings. The minimum absolute atomic E-state index is 0.153. The van der Waals surface area contributed by atoms with E-state index < -0.39 is 11.6 Å². The lowest BCUT2D eigenvalue weighted by Gasteiger charge is -2.11. The molecule has 1 N–H and O–H groups in total. The van der Waals surface area contributed by atoms with Crippen LogP contribution in [0.1, 0.15) is 5.56 Å². The van der Waals surface area contributed by atoms with Crippen molar-refractivity contribution in [1.29, 1.82) is 0 Å². The number of hydrogen-bond donors (Lipinski definition) is 1. The molecule has 0 radical (unpaired) electrons. The minimum Gasteiger partial charge on any atom is -0.493 e. The van der Waals surface area contributed by atoms with Crippen molar-refractivity contribution in [1.82, 2.24) is 4.98 Å². The Labute approximate surface area is 108 Å². The van der Waals surface area contributed by atoms with Crippen LogP contribution in [0.15, 0.2) is 30.5 Å². The van der Waals surface area contributed by atoms with E-state index in [1.165, 1.54) is 13.2 Å². The van der Waals surface area contributed by atoms with Crippen LogP contribution < -0.4 is 9.47 Å². The van der Waals surface area contributed by atoms with E-state index in [0.717, 1.165) is 6.20 Å². The van der Waals surface area contributed by atoms with Gasteiger partial charge in [-0.15, -0.1) is 0 Å². The van der Waals surface area contributed by atoms with Crippen LogP contribution in [0.4, 0.5) is 8.78 Å². The van der Waals surface area contributed by atoms with Gasteiger partial charge in [0.2, 0.25) is 0 Å². The van der Waals surface area contributed by atoms with Crippen LogP contribution >= 0.6 is 0 Å². The first-order valence-corrected chi connectivity index (χ1v) is 5.40. The Hall–Kier alpha value is -2.21.